The molecule has 0 fully saturated rings. The van der Waals surface area contributed by atoms with E-state index in [0.717, 1.165) is 21.3 Å². The van der Waals surface area contributed by atoms with Gasteiger partial charge in [-0.25, -0.2) is 4.68 Å². The minimum atomic E-state index is 0.681. The Morgan fingerprint density at radius 3 is 2.74 bits per heavy atom. The Kier molecular flexibility index (Phi) is 5.22. The predicted molar refractivity (Wildman–Crippen MR) is 101 cm³/mol. The molecule has 0 saturated carbocycles. The number of benzene rings is 1. The summed E-state index contributed by atoms with van der Waals surface area (Å²) in [6, 6.07) is 10.4. The summed E-state index contributed by atoms with van der Waals surface area (Å²) in [6.07, 6.45) is 0. The fraction of sp³-hybridized carbons (Fsp3) is 0.250. The molecule has 0 radical (unpaired) electrons. The number of anilines is 2. The summed E-state index contributed by atoms with van der Waals surface area (Å²) < 4.78 is 2.64. The van der Waals surface area contributed by atoms with Gasteiger partial charge in [0, 0.05) is 12.2 Å². The van der Waals surface area contributed by atoms with Crippen molar-refractivity contribution in [3.8, 4) is 0 Å². The maximum atomic E-state index is 5.43. The molecule has 1 aromatic carbocycles. The van der Waals surface area contributed by atoms with Crippen molar-refractivity contribution in [2.45, 2.75) is 20.1 Å². The molecule has 2 heterocycles. The molecule has 0 atom stereocenters. The van der Waals surface area contributed by atoms with Crippen LogP contribution < -0.4 is 5.32 Å². The summed E-state index contributed by atoms with van der Waals surface area (Å²) in [6.45, 7) is 3.65. The summed E-state index contributed by atoms with van der Waals surface area (Å²) in [5.74, 6) is 0. The van der Waals surface area contributed by atoms with Crippen LogP contribution >= 0.6 is 34.9 Å². The van der Waals surface area contributed by atoms with Gasteiger partial charge in [0.25, 0.3) is 0 Å². The standard InChI is InChI=1S/C16H18N4S3/c1-12-3-5-14(6-4-12)17-15-18-20(16(21)23-15)11-19(2)9-13-7-8-22-10-13/h3-8,10H,9,11H2,1-2H3,(H,17,18). The van der Waals surface area contributed by atoms with Crippen molar-refractivity contribution >= 4 is 45.7 Å². The lowest BCUT2D eigenvalue weighted by atomic mass is 10.2. The van der Waals surface area contributed by atoms with Crippen LogP contribution in [0, 0.1) is 10.9 Å². The maximum Gasteiger partial charge on any atom is 0.209 e. The smallest absolute Gasteiger partial charge is 0.209 e. The lowest BCUT2D eigenvalue weighted by molar-refractivity contribution is 0.246. The average molecular weight is 363 g/mol. The van der Waals surface area contributed by atoms with Crippen molar-refractivity contribution in [1.29, 1.82) is 0 Å². The summed E-state index contributed by atoms with van der Waals surface area (Å²) in [4.78, 5) is 2.20. The quantitative estimate of drug-likeness (QED) is 0.634. The second-order valence-corrected chi connectivity index (χ2v) is 7.85. The number of aromatic nitrogens is 2. The molecule has 23 heavy (non-hydrogen) atoms. The van der Waals surface area contributed by atoms with Crippen molar-refractivity contribution in [2.24, 2.45) is 0 Å². The van der Waals surface area contributed by atoms with Gasteiger partial charge in [-0.2, -0.15) is 11.3 Å². The first-order valence-corrected chi connectivity index (χ1v) is 9.38. The molecule has 1 N–H and O–H groups in total. The van der Waals surface area contributed by atoms with Gasteiger partial charge in [-0.3, -0.25) is 4.90 Å². The minimum Gasteiger partial charge on any atom is -0.330 e. The van der Waals surface area contributed by atoms with Gasteiger partial charge >= 0.3 is 0 Å². The summed E-state index contributed by atoms with van der Waals surface area (Å²) in [5, 5.41) is 13.0. The highest BCUT2D eigenvalue weighted by atomic mass is 32.1. The van der Waals surface area contributed by atoms with Crippen LogP contribution in [0.1, 0.15) is 11.1 Å². The van der Waals surface area contributed by atoms with E-state index in [0.29, 0.717) is 6.67 Å². The first kappa shape index (κ1) is 16.3. The normalized spacial score (nSPS) is 11.1. The zero-order chi connectivity index (χ0) is 16.2. The molecule has 0 bridgehead atoms. The Labute approximate surface area is 149 Å². The average Bonchev–Trinajstić information content (AvgIpc) is 3.12. The second-order valence-electron chi connectivity index (χ2n) is 5.45. The third kappa shape index (κ3) is 4.48. The molecule has 0 spiro atoms. The third-order valence-corrected chi connectivity index (χ3v) is 5.27. The number of hydrogen-bond donors (Lipinski definition) is 1. The van der Waals surface area contributed by atoms with Crippen molar-refractivity contribution in [2.75, 3.05) is 12.4 Å². The van der Waals surface area contributed by atoms with Crippen LogP contribution in [-0.4, -0.2) is 21.7 Å². The van der Waals surface area contributed by atoms with Crippen molar-refractivity contribution in [1.82, 2.24) is 14.7 Å². The Hall–Kier alpha value is -1.54. The Balaban J connectivity index is 1.66. The maximum absolute atomic E-state index is 5.43. The van der Waals surface area contributed by atoms with Crippen LogP contribution in [0.4, 0.5) is 10.8 Å². The van der Waals surface area contributed by atoms with E-state index in [1.165, 1.54) is 22.5 Å². The van der Waals surface area contributed by atoms with Crippen LogP contribution in [0.2, 0.25) is 0 Å². The first-order valence-electron chi connectivity index (χ1n) is 7.21. The summed E-state index contributed by atoms with van der Waals surface area (Å²) in [7, 11) is 2.08. The van der Waals surface area contributed by atoms with Gasteiger partial charge < -0.3 is 5.32 Å². The van der Waals surface area contributed by atoms with Gasteiger partial charge in [-0.1, -0.05) is 29.0 Å². The lowest BCUT2D eigenvalue weighted by Crippen LogP contribution is -2.22. The van der Waals surface area contributed by atoms with Crippen LogP contribution in [0.3, 0.4) is 0 Å². The number of thiophene rings is 1. The molecule has 0 aliphatic heterocycles. The largest absolute Gasteiger partial charge is 0.330 e. The molecule has 7 heteroatoms. The zero-order valence-electron chi connectivity index (χ0n) is 13.0. The number of rotatable bonds is 6. The molecule has 0 amide bonds. The fourth-order valence-electron chi connectivity index (χ4n) is 2.18. The molecule has 0 aliphatic rings. The molecular weight excluding hydrogens is 344 g/mol. The van der Waals surface area contributed by atoms with Crippen molar-refractivity contribution in [3.05, 3.63) is 56.2 Å². The fourth-order valence-corrected chi connectivity index (χ4v) is 3.85. The van der Waals surface area contributed by atoms with E-state index in [1.54, 1.807) is 11.3 Å². The lowest BCUT2D eigenvalue weighted by Gasteiger charge is -2.15. The van der Waals surface area contributed by atoms with Gasteiger partial charge in [-0.15, -0.1) is 5.10 Å². The van der Waals surface area contributed by atoms with E-state index >= 15 is 0 Å². The number of aryl methyl sites for hydroxylation is 1. The van der Waals surface area contributed by atoms with E-state index in [1.807, 2.05) is 16.8 Å². The molecule has 3 aromatic rings. The molecular formula is C16H18N4S3. The van der Waals surface area contributed by atoms with E-state index < -0.39 is 0 Å². The Morgan fingerprint density at radius 2 is 2.04 bits per heavy atom. The van der Waals surface area contributed by atoms with Crippen molar-refractivity contribution in [3.63, 3.8) is 0 Å². The zero-order valence-corrected chi connectivity index (χ0v) is 15.5. The minimum absolute atomic E-state index is 0.681. The van der Waals surface area contributed by atoms with Gasteiger partial charge in [0.05, 0.1) is 6.67 Å². The van der Waals surface area contributed by atoms with Gasteiger partial charge in [0.1, 0.15) is 0 Å². The summed E-state index contributed by atoms with van der Waals surface area (Å²) >= 11 is 8.64. The highest BCUT2D eigenvalue weighted by Gasteiger charge is 2.07. The van der Waals surface area contributed by atoms with E-state index in [2.05, 4.69) is 58.2 Å². The molecule has 2 aromatic heterocycles. The predicted octanol–water partition coefficient (Wildman–Crippen LogP) is 4.88. The molecule has 120 valence electrons. The molecule has 0 aliphatic carbocycles. The molecule has 3 rings (SSSR count). The monoisotopic (exact) mass is 362 g/mol. The van der Waals surface area contributed by atoms with E-state index in [9.17, 15) is 0 Å². The van der Waals surface area contributed by atoms with Gasteiger partial charge in [0.15, 0.2) is 3.95 Å². The summed E-state index contributed by atoms with van der Waals surface area (Å²) in [5.41, 5.74) is 3.58. The second kappa shape index (κ2) is 7.35. The SMILES string of the molecule is Cc1ccc(Nc2nn(CN(C)Cc3ccsc3)c(=S)s2)cc1. The number of nitrogens with one attached hydrogen (secondary N) is 1. The van der Waals surface area contributed by atoms with Crippen LogP contribution in [-0.2, 0) is 13.2 Å². The Bertz CT molecular complexity index is 803. The van der Waals surface area contributed by atoms with E-state index in [-0.39, 0.29) is 0 Å². The molecule has 0 unspecified atom stereocenters. The topological polar surface area (TPSA) is 33.1 Å². The van der Waals surface area contributed by atoms with Gasteiger partial charge in [0.2, 0.25) is 5.13 Å². The third-order valence-electron chi connectivity index (χ3n) is 3.32. The highest BCUT2D eigenvalue weighted by molar-refractivity contribution is 7.73. The van der Waals surface area contributed by atoms with Gasteiger partial charge in [-0.05, 0) is 60.7 Å². The van der Waals surface area contributed by atoms with Crippen molar-refractivity contribution < 1.29 is 0 Å². The van der Waals surface area contributed by atoms with Crippen LogP contribution in [0.25, 0.3) is 0 Å². The Morgan fingerprint density at radius 1 is 1.26 bits per heavy atom. The first-order chi connectivity index (χ1) is 11.1. The number of nitrogens with zero attached hydrogens (tertiary/aromatic N) is 3. The van der Waals surface area contributed by atoms with E-state index in [4.69, 9.17) is 12.2 Å². The molecule has 0 saturated heterocycles. The number of hydrogen-bond acceptors (Lipinski definition) is 6. The van der Waals surface area contributed by atoms with Crippen LogP contribution in [0.5, 0.6) is 0 Å². The van der Waals surface area contributed by atoms with Crippen LogP contribution in [0.15, 0.2) is 41.1 Å². The molecule has 4 nitrogen and oxygen atoms in total. The highest BCUT2D eigenvalue weighted by Crippen LogP contribution is 2.21.